The summed E-state index contributed by atoms with van der Waals surface area (Å²) in [7, 11) is 3.30. The number of benzene rings is 1. The third-order valence-corrected chi connectivity index (χ3v) is 2.60. The Morgan fingerprint density at radius 1 is 1.42 bits per heavy atom. The summed E-state index contributed by atoms with van der Waals surface area (Å²) < 4.78 is 0. The highest BCUT2D eigenvalue weighted by atomic mass is 16.6. The summed E-state index contributed by atoms with van der Waals surface area (Å²) >= 11 is 0. The smallest absolute Gasteiger partial charge is 0.269 e. The monoisotopic (exact) mass is 267 g/mol. The van der Waals surface area contributed by atoms with Gasteiger partial charge in [-0.2, -0.15) is 0 Å². The molecule has 1 aromatic carbocycles. The Hall–Kier alpha value is -1.99. The third-order valence-electron chi connectivity index (χ3n) is 2.60. The maximum atomic E-state index is 11.3. The fraction of sp³-hybridized carbons (Fsp3) is 0.417. The average molecular weight is 267 g/mol. The van der Waals surface area contributed by atoms with E-state index in [0.717, 1.165) is 0 Å². The van der Waals surface area contributed by atoms with Crippen molar-refractivity contribution in [3.8, 4) is 0 Å². The number of carbonyl (C=O) groups is 1. The number of aliphatic hydroxyl groups is 1. The summed E-state index contributed by atoms with van der Waals surface area (Å²) in [5, 5.41) is 23.2. The van der Waals surface area contributed by atoms with E-state index in [4.69, 9.17) is 0 Å². The minimum Gasteiger partial charge on any atom is -0.387 e. The standard InChI is InChI=1S/C12H17N3O4/c1-14(2)12(17)8-13-7-11(16)9-3-5-10(6-4-9)15(18)19/h3-6,11,13,16H,7-8H2,1-2H3. The second-order valence-electron chi connectivity index (χ2n) is 4.28. The molecule has 0 aliphatic heterocycles. The van der Waals surface area contributed by atoms with E-state index in [-0.39, 0.29) is 24.7 Å². The number of amides is 1. The topological polar surface area (TPSA) is 95.7 Å². The zero-order chi connectivity index (χ0) is 14.4. The van der Waals surface area contributed by atoms with Crippen molar-refractivity contribution in [1.82, 2.24) is 10.2 Å². The first-order valence-electron chi connectivity index (χ1n) is 5.75. The van der Waals surface area contributed by atoms with Crippen molar-refractivity contribution in [3.05, 3.63) is 39.9 Å². The van der Waals surface area contributed by atoms with Crippen molar-refractivity contribution in [2.45, 2.75) is 6.10 Å². The molecule has 0 saturated heterocycles. The molecule has 7 heteroatoms. The number of rotatable bonds is 6. The van der Waals surface area contributed by atoms with Gasteiger partial charge in [0, 0.05) is 32.8 Å². The fourth-order valence-corrected chi connectivity index (χ4v) is 1.41. The zero-order valence-electron chi connectivity index (χ0n) is 10.9. The highest BCUT2D eigenvalue weighted by Gasteiger charge is 2.11. The van der Waals surface area contributed by atoms with Gasteiger partial charge in [0.15, 0.2) is 0 Å². The van der Waals surface area contributed by atoms with Gasteiger partial charge in [-0.3, -0.25) is 14.9 Å². The Morgan fingerprint density at radius 2 is 2.00 bits per heavy atom. The summed E-state index contributed by atoms with van der Waals surface area (Å²) in [6.07, 6.45) is -0.809. The van der Waals surface area contributed by atoms with Gasteiger partial charge in [-0.1, -0.05) is 0 Å². The van der Waals surface area contributed by atoms with Crippen LogP contribution in [0.4, 0.5) is 5.69 Å². The number of nitro benzene ring substituents is 1. The number of nitrogens with one attached hydrogen (secondary N) is 1. The van der Waals surface area contributed by atoms with E-state index < -0.39 is 11.0 Å². The molecule has 0 heterocycles. The third kappa shape index (κ3) is 4.65. The van der Waals surface area contributed by atoms with Gasteiger partial charge in [0.2, 0.25) is 5.91 Å². The first-order valence-corrected chi connectivity index (χ1v) is 5.75. The van der Waals surface area contributed by atoms with Gasteiger partial charge in [0.25, 0.3) is 5.69 Å². The van der Waals surface area contributed by atoms with Crippen LogP contribution < -0.4 is 5.32 Å². The van der Waals surface area contributed by atoms with Crippen LogP contribution in [0.2, 0.25) is 0 Å². The molecule has 1 atom stereocenters. The van der Waals surface area contributed by atoms with Gasteiger partial charge in [-0.15, -0.1) is 0 Å². The van der Waals surface area contributed by atoms with Gasteiger partial charge >= 0.3 is 0 Å². The highest BCUT2D eigenvalue weighted by Crippen LogP contribution is 2.17. The molecule has 7 nitrogen and oxygen atoms in total. The van der Waals surface area contributed by atoms with Crippen molar-refractivity contribution >= 4 is 11.6 Å². The van der Waals surface area contributed by atoms with Crippen molar-refractivity contribution in [1.29, 1.82) is 0 Å². The Bertz CT molecular complexity index is 445. The highest BCUT2D eigenvalue weighted by molar-refractivity contribution is 5.77. The lowest BCUT2D eigenvalue weighted by Gasteiger charge is -2.14. The maximum absolute atomic E-state index is 11.3. The predicted molar refractivity (Wildman–Crippen MR) is 69.6 cm³/mol. The molecule has 1 unspecified atom stereocenters. The van der Waals surface area contributed by atoms with E-state index in [1.165, 1.54) is 29.2 Å². The molecule has 0 aliphatic carbocycles. The molecule has 0 fully saturated rings. The minimum absolute atomic E-state index is 0.0216. The number of hydrogen-bond donors (Lipinski definition) is 2. The number of nitro groups is 1. The van der Waals surface area contributed by atoms with Gasteiger partial charge in [-0.25, -0.2) is 0 Å². The number of likely N-dealkylation sites (N-methyl/N-ethyl adjacent to an activating group) is 1. The average Bonchev–Trinajstić information content (AvgIpc) is 2.38. The molecule has 1 amide bonds. The number of nitrogens with zero attached hydrogens (tertiary/aromatic N) is 2. The van der Waals surface area contributed by atoms with Gasteiger partial charge < -0.3 is 15.3 Å². The minimum atomic E-state index is -0.809. The summed E-state index contributed by atoms with van der Waals surface area (Å²) in [5.41, 5.74) is 0.544. The molecule has 0 radical (unpaired) electrons. The molecular weight excluding hydrogens is 250 g/mol. The van der Waals surface area contributed by atoms with E-state index in [9.17, 15) is 20.0 Å². The Labute approximate surface area is 111 Å². The second-order valence-corrected chi connectivity index (χ2v) is 4.28. The molecule has 0 aromatic heterocycles. The maximum Gasteiger partial charge on any atom is 0.269 e. The molecule has 1 aromatic rings. The SMILES string of the molecule is CN(C)C(=O)CNCC(O)c1ccc([N+](=O)[O-])cc1. The van der Waals surface area contributed by atoms with Crippen molar-refractivity contribution in [2.24, 2.45) is 0 Å². The predicted octanol–water partition coefficient (Wildman–Crippen LogP) is 0.306. The number of carbonyl (C=O) groups excluding carboxylic acids is 1. The molecule has 104 valence electrons. The van der Waals surface area contributed by atoms with Crippen LogP contribution in [0.15, 0.2) is 24.3 Å². The molecule has 0 saturated carbocycles. The molecule has 0 bridgehead atoms. The number of hydrogen-bond acceptors (Lipinski definition) is 5. The quantitative estimate of drug-likeness (QED) is 0.571. The second kappa shape index (κ2) is 6.81. The molecule has 1 rings (SSSR count). The van der Waals surface area contributed by atoms with E-state index in [2.05, 4.69) is 5.32 Å². The number of non-ortho nitro benzene ring substituents is 1. The van der Waals surface area contributed by atoms with Crippen LogP contribution in [0.1, 0.15) is 11.7 Å². The first kappa shape index (κ1) is 15.1. The van der Waals surface area contributed by atoms with E-state index in [1.807, 2.05) is 0 Å². The van der Waals surface area contributed by atoms with Gasteiger partial charge in [0.1, 0.15) is 0 Å². The fourth-order valence-electron chi connectivity index (χ4n) is 1.41. The van der Waals surface area contributed by atoms with Gasteiger partial charge in [-0.05, 0) is 17.7 Å². The van der Waals surface area contributed by atoms with E-state index in [1.54, 1.807) is 14.1 Å². The normalized spacial score (nSPS) is 11.9. The lowest BCUT2D eigenvalue weighted by Crippen LogP contribution is -2.34. The van der Waals surface area contributed by atoms with Crippen LogP contribution in [-0.4, -0.2) is 48.0 Å². The van der Waals surface area contributed by atoms with Crippen LogP contribution in [0.3, 0.4) is 0 Å². The van der Waals surface area contributed by atoms with Gasteiger partial charge in [0.05, 0.1) is 17.6 Å². The molecule has 0 spiro atoms. The first-order chi connectivity index (χ1) is 8.91. The van der Waals surface area contributed by atoms with Crippen molar-refractivity contribution in [2.75, 3.05) is 27.2 Å². The summed E-state index contributed by atoms with van der Waals surface area (Å²) in [4.78, 5) is 22.7. The molecule has 19 heavy (non-hydrogen) atoms. The van der Waals surface area contributed by atoms with Crippen LogP contribution in [0.25, 0.3) is 0 Å². The van der Waals surface area contributed by atoms with E-state index in [0.29, 0.717) is 5.56 Å². The summed E-state index contributed by atoms with van der Waals surface area (Å²) in [6.45, 7) is 0.342. The van der Waals surface area contributed by atoms with Crippen molar-refractivity contribution in [3.63, 3.8) is 0 Å². The summed E-state index contributed by atoms with van der Waals surface area (Å²) in [6, 6.07) is 5.67. The van der Waals surface area contributed by atoms with Crippen molar-refractivity contribution < 1.29 is 14.8 Å². The zero-order valence-corrected chi connectivity index (χ0v) is 10.9. The molecule has 0 aliphatic rings. The number of aliphatic hydroxyl groups excluding tert-OH is 1. The van der Waals surface area contributed by atoms with E-state index >= 15 is 0 Å². The van der Waals surface area contributed by atoms with Crippen LogP contribution >= 0.6 is 0 Å². The van der Waals surface area contributed by atoms with Crippen LogP contribution in [0, 0.1) is 10.1 Å². The molecule has 2 N–H and O–H groups in total. The Balaban J connectivity index is 2.47. The van der Waals surface area contributed by atoms with Crippen LogP contribution in [0.5, 0.6) is 0 Å². The molecular formula is C12H17N3O4. The largest absolute Gasteiger partial charge is 0.387 e. The Kier molecular flexibility index (Phi) is 5.40. The Morgan fingerprint density at radius 3 is 2.47 bits per heavy atom. The lowest BCUT2D eigenvalue weighted by molar-refractivity contribution is -0.384. The lowest BCUT2D eigenvalue weighted by atomic mass is 10.1. The van der Waals surface area contributed by atoms with Crippen LogP contribution in [-0.2, 0) is 4.79 Å². The summed E-state index contributed by atoms with van der Waals surface area (Å²) in [5.74, 6) is -0.0871.